The highest BCUT2D eigenvalue weighted by Gasteiger charge is 2.28. The first-order valence-corrected chi connectivity index (χ1v) is 8.44. The van der Waals surface area contributed by atoms with Gasteiger partial charge in [0.2, 0.25) is 4.73 Å². The molecule has 1 aliphatic heterocycles. The molecule has 2 heterocycles. The number of carboxylic acids is 1. The molecule has 2 unspecified atom stereocenters. The van der Waals surface area contributed by atoms with Crippen LogP contribution in [0.1, 0.15) is 49.2 Å². The van der Waals surface area contributed by atoms with Crippen LogP contribution in [0.5, 0.6) is 0 Å². The monoisotopic (exact) mass is 379 g/mol. The maximum Gasteiger partial charge on any atom is 0.304 e. The number of aromatic nitrogens is 3. The van der Waals surface area contributed by atoms with E-state index in [9.17, 15) is 9.90 Å². The van der Waals surface area contributed by atoms with Crippen molar-refractivity contribution in [2.75, 3.05) is 6.61 Å². The molecule has 23 heavy (non-hydrogen) atoms. The van der Waals surface area contributed by atoms with Gasteiger partial charge in [0.15, 0.2) is 6.23 Å². The van der Waals surface area contributed by atoms with Crippen molar-refractivity contribution in [3.05, 3.63) is 46.5 Å². The Bertz CT molecular complexity index is 668. The SMILES string of the molecule is O=C(O)CC(c1ccccc1)c1nc(Br)nn1C1CCCCO1. The fourth-order valence-corrected chi connectivity index (χ4v) is 3.25. The second-order valence-corrected chi connectivity index (χ2v) is 6.28. The molecule has 1 aliphatic rings. The predicted octanol–water partition coefficient (Wildman–Crippen LogP) is 3.35. The van der Waals surface area contributed by atoms with Crippen molar-refractivity contribution in [2.24, 2.45) is 0 Å². The van der Waals surface area contributed by atoms with Crippen molar-refractivity contribution < 1.29 is 14.6 Å². The van der Waals surface area contributed by atoms with E-state index >= 15 is 0 Å². The lowest BCUT2D eigenvalue weighted by molar-refractivity contribution is -0.137. The van der Waals surface area contributed by atoms with Crippen molar-refractivity contribution in [1.29, 1.82) is 0 Å². The first-order chi connectivity index (χ1) is 11.1. The maximum atomic E-state index is 11.4. The molecule has 1 aromatic heterocycles. The van der Waals surface area contributed by atoms with E-state index in [1.54, 1.807) is 4.68 Å². The van der Waals surface area contributed by atoms with E-state index < -0.39 is 5.97 Å². The average Bonchev–Trinajstić information content (AvgIpc) is 2.96. The minimum atomic E-state index is -0.867. The molecular weight excluding hydrogens is 362 g/mol. The highest BCUT2D eigenvalue weighted by molar-refractivity contribution is 9.10. The lowest BCUT2D eigenvalue weighted by Crippen LogP contribution is -2.23. The van der Waals surface area contributed by atoms with Crippen molar-refractivity contribution in [3.63, 3.8) is 0 Å². The molecule has 122 valence electrons. The summed E-state index contributed by atoms with van der Waals surface area (Å²) in [4.78, 5) is 15.8. The molecule has 3 rings (SSSR count). The summed E-state index contributed by atoms with van der Waals surface area (Å²) in [5.74, 6) is -0.607. The number of ether oxygens (including phenoxy) is 1. The number of carbonyl (C=O) groups is 1. The van der Waals surface area contributed by atoms with E-state index in [-0.39, 0.29) is 18.6 Å². The van der Waals surface area contributed by atoms with Gasteiger partial charge in [0.25, 0.3) is 0 Å². The van der Waals surface area contributed by atoms with Gasteiger partial charge in [-0.1, -0.05) is 30.3 Å². The van der Waals surface area contributed by atoms with Crippen LogP contribution < -0.4 is 0 Å². The summed E-state index contributed by atoms with van der Waals surface area (Å²) in [5.41, 5.74) is 0.909. The molecule has 0 saturated carbocycles. The molecule has 0 aliphatic carbocycles. The Morgan fingerprint density at radius 1 is 1.39 bits per heavy atom. The van der Waals surface area contributed by atoms with Crippen molar-refractivity contribution in [1.82, 2.24) is 14.8 Å². The molecule has 0 radical (unpaired) electrons. The van der Waals surface area contributed by atoms with E-state index in [4.69, 9.17) is 4.74 Å². The molecule has 2 aromatic rings. The van der Waals surface area contributed by atoms with Crippen LogP contribution >= 0.6 is 15.9 Å². The molecule has 6 nitrogen and oxygen atoms in total. The third-order valence-electron chi connectivity index (χ3n) is 3.95. The van der Waals surface area contributed by atoms with Crippen LogP contribution in [-0.2, 0) is 9.53 Å². The van der Waals surface area contributed by atoms with Gasteiger partial charge in [0, 0.05) is 6.61 Å². The average molecular weight is 380 g/mol. The Morgan fingerprint density at radius 2 is 2.17 bits per heavy atom. The summed E-state index contributed by atoms with van der Waals surface area (Å²) in [5, 5.41) is 13.7. The van der Waals surface area contributed by atoms with Crippen LogP contribution in [0, 0.1) is 0 Å². The zero-order valence-corrected chi connectivity index (χ0v) is 14.1. The minimum Gasteiger partial charge on any atom is -0.481 e. The fourth-order valence-electron chi connectivity index (χ4n) is 2.89. The summed E-state index contributed by atoms with van der Waals surface area (Å²) in [6, 6.07) is 9.55. The Labute approximate surface area is 142 Å². The Balaban J connectivity index is 2.00. The molecule has 1 fully saturated rings. The molecule has 2 atom stereocenters. The van der Waals surface area contributed by atoms with Crippen molar-refractivity contribution in [2.45, 2.75) is 37.8 Å². The molecule has 1 N–H and O–H groups in total. The molecule has 0 amide bonds. The van der Waals surface area contributed by atoms with Crippen LogP contribution in [0.25, 0.3) is 0 Å². The topological polar surface area (TPSA) is 77.2 Å². The number of hydrogen-bond acceptors (Lipinski definition) is 4. The molecule has 7 heteroatoms. The number of nitrogens with zero attached hydrogens (tertiary/aromatic N) is 3. The van der Waals surface area contributed by atoms with Crippen LogP contribution in [0.2, 0.25) is 0 Å². The number of halogens is 1. The van der Waals surface area contributed by atoms with Crippen molar-refractivity contribution in [3.8, 4) is 0 Å². The van der Waals surface area contributed by atoms with Crippen LogP contribution in [0.3, 0.4) is 0 Å². The van der Waals surface area contributed by atoms with E-state index in [1.165, 1.54) is 0 Å². The Morgan fingerprint density at radius 3 is 2.83 bits per heavy atom. The van der Waals surface area contributed by atoms with Crippen LogP contribution in [-0.4, -0.2) is 32.4 Å². The van der Waals surface area contributed by atoms with Gasteiger partial charge in [0.1, 0.15) is 5.82 Å². The standard InChI is InChI=1S/C16H18BrN3O3/c17-16-18-15(20(19-16)13-8-4-5-9-23-13)12(10-14(21)22)11-6-2-1-3-7-11/h1-3,6-7,12-13H,4-5,8-10H2,(H,21,22). The summed E-state index contributed by atoms with van der Waals surface area (Å²) in [7, 11) is 0. The minimum absolute atomic E-state index is 0.0398. The maximum absolute atomic E-state index is 11.4. The second kappa shape index (κ2) is 7.23. The van der Waals surface area contributed by atoms with Gasteiger partial charge in [-0.3, -0.25) is 4.79 Å². The Hall–Kier alpha value is -1.73. The van der Waals surface area contributed by atoms with Gasteiger partial charge < -0.3 is 9.84 Å². The molecule has 0 spiro atoms. The highest BCUT2D eigenvalue weighted by atomic mass is 79.9. The number of hydrogen-bond donors (Lipinski definition) is 1. The van der Waals surface area contributed by atoms with Gasteiger partial charge in [0.05, 0.1) is 12.3 Å². The van der Waals surface area contributed by atoms with E-state index in [0.29, 0.717) is 17.2 Å². The van der Waals surface area contributed by atoms with E-state index in [0.717, 1.165) is 24.8 Å². The zero-order chi connectivity index (χ0) is 16.2. The molecule has 0 bridgehead atoms. The number of rotatable bonds is 5. The lowest BCUT2D eigenvalue weighted by atomic mass is 9.94. The normalized spacial score (nSPS) is 19.4. The quantitative estimate of drug-likeness (QED) is 0.861. The molecule has 1 saturated heterocycles. The molecule has 1 aromatic carbocycles. The summed E-state index contributed by atoms with van der Waals surface area (Å²) in [6.07, 6.45) is 2.74. The second-order valence-electron chi connectivity index (χ2n) is 5.57. The van der Waals surface area contributed by atoms with Crippen LogP contribution in [0.4, 0.5) is 0 Å². The van der Waals surface area contributed by atoms with Gasteiger partial charge in [-0.05, 0) is 40.8 Å². The lowest BCUT2D eigenvalue weighted by Gasteiger charge is -2.25. The van der Waals surface area contributed by atoms with Gasteiger partial charge in [-0.15, -0.1) is 5.10 Å². The number of benzene rings is 1. The van der Waals surface area contributed by atoms with Gasteiger partial charge in [-0.25, -0.2) is 9.67 Å². The fraction of sp³-hybridized carbons (Fsp3) is 0.438. The third kappa shape index (κ3) is 3.79. The Kier molecular flexibility index (Phi) is 5.07. The predicted molar refractivity (Wildman–Crippen MR) is 87.1 cm³/mol. The first-order valence-electron chi connectivity index (χ1n) is 7.65. The third-order valence-corrected chi connectivity index (χ3v) is 4.29. The van der Waals surface area contributed by atoms with Gasteiger partial charge >= 0.3 is 5.97 Å². The van der Waals surface area contributed by atoms with Gasteiger partial charge in [-0.2, -0.15) is 0 Å². The van der Waals surface area contributed by atoms with Crippen LogP contribution in [0.15, 0.2) is 35.1 Å². The van der Waals surface area contributed by atoms with E-state index in [1.807, 2.05) is 30.3 Å². The van der Waals surface area contributed by atoms with Crippen molar-refractivity contribution >= 4 is 21.9 Å². The zero-order valence-electron chi connectivity index (χ0n) is 12.6. The highest BCUT2D eigenvalue weighted by Crippen LogP contribution is 2.32. The first kappa shape index (κ1) is 16.1. The smallest absolute Gasteiger partial charge is 0.304 e. The summed E-state index contributed by atoms with van der Waals surface area (Å²) in [6.45, 7) is 0.691. The molecular formula is C16H18BrN3O3. The summed E-state index contributed by atoms with van der Waals surface area (Å²) < 4.78 is 7.99. The largest absolute Gasteiger partial charge is 0.481 e. The summed E-state index contributed by atoms with van der Waals surface area (Å²) >= 11 is 3.31. The number of aliphatic carboxylic acids is 1. The number of carboxylic acid groups (broad SMARTS) is 1. The van der Waals surface area contributed by atoms with E-state index in [2.05, 4.69) is 26.0 Å².